The Bertz CT molecular complexity index is 2190. The molecule has 4 N–H and O–H groups in total. The minimum absolute atomic E-state index is 0.203. The molecule has 17 heteroatoms. The average molecular weight is 713 g/mol. The maximum absolute atomic E-state index is 15.0. The number of halogens is 2. The molecule has 0 saturated heterocycles. The molecule has 0 radical (unpaired) electrons. The Balaban J connectivity index is 1.48. The van der Waals surface area contributed by atoms with Crippen LogP contribution in [0.1, 0.15) is 48.0 Å². The molecule has 0 spiro atoms. The van der Waals surface area contributed by atoms with Crippen LogP contribution in [0.3, 0.4) is 0 Å². The zero-order chi connectivity index (χ0) is 37.3. The number of sulfonamides is 1. The van der Waals surface area contributed by atoms with Gasteiger partial charge in [0.1, 0.15) is 17.7 Å². The minimum Gasteiger partial charge on any atom is -0.480 e. The van der Waals surface area contributed by atoms with Gasteiger partial charge in [-0.25, -0.2) is 27.9 Å². The van der Waals surface area contributed by atoms with Crippen molar-refractivity contribution in [3.63, 3.8) is 0 Å². The van der Waals surface area contributed by atoms with E-state index < -0.39 is 72.5 Å². The lowest BCUT2D eigenvalue weighted by molar-refractivity contribution is -0.139. The second-order valence-corrected chi connectivity index (χ2v) is 14.1. The van der Waals surface area contributed by atoms with E-state index in [1.165, 1.54) is 41.9 Å². The summed E-state index contributed by atoms with van der Waals surface area (Å²) in [7, 11) is -3.03. The fourth-order valence-electron chi connectivity index (χ4n) is 4.56. The molecule has 0 unspecified atom stereocenters. The number of amides is 2. The van der Waals surface area contributed by atoms with Crippen LogP contribution in [0.25, 0.3) is 5.69 Å². The number of anilines is 2. The Morgan fingerprint density at radius 3 is 2.18 bits per heavy atom. The summed E-state index contributed by atoms with van der Waals surface area (Å²) in [5, 5.41) is 13.9. The Labute approximate surface area is 284 Å². The monoisotopic (exact) mass is 712 g/mol. The van der Waals surface area contributed by atoms with Crippen LogP contribution < -0.4 is 26.6 Å². The standard InChI is InChI=1S/C33H34F2N6O8S/c1-17-18(2)40(6)32(47)41(29(17)43)21-10-7-19(8-11-21)13-26(30(44)45)38-28(42)22-14-24(35)25(15-23(22)34)39-50(48,49)27-12-9-20(16-36-27)37-31(46)33(3,4)5/h7-12,14-16,26,39H,13H2,1-6H3,(H,37,46)(H,38,42)(H,44,45)/t26-/m0/s1. The molecule has 50 heavy (non-hydrogen) atoms. The van der Waals surface area contributed by atoms with Gasteiger partial charge < -0.3 is 20.3 Å². The Morgan fingerprint density at radius 1 is 0.980 bits per heavy atom. The number of benzene rings is 2. The van der Waals surface area contributed by atoms with Gasteiger partial charge in [0.2, 0.25) is 5.91 Å². The summed E-state index contributed by atoms with van der Waals surface area (Å²) in [6.07, 6.45) is 0.763. The van der Waals surface area contributed by atoms with Gasteiger partial charge in [-0.15, -0.1) is 0 Å². The number of nitrogens with zero attached hydrogens (tertiary/aromatic N) is 3. The highest BCUT2D eigenvalue weighted by Crippen LogP contribution is 2.24. The Kier molecular flexibility index (Phi) is 10.4. The van der Waals surface area contributed by atoms with E-state index in [0.717, 1.165) is 16.8 Å². The van der Waals surface area contributed by atoms with E-state index >= 15 is 4.39 Å². The number of carbonyl (C=O) groups is 3. The van der Waals surface area contributed by atoms with Crippen molar-refractivity contribution in [2.24, 2.45) is 12.5 Å². The largest absolute Gasteiger partial charge is 0.480 e. The van der Waals surface area contributed by atoms with Gasteiger partial charge in [-0.1, -0.05) is 32.9 Å². The van der Waals surface area contributed by atoms with Crippen molar-refractivity contribution >= 4 is 39.2 Å². The van der Waals surface area contributed by atoms with Crippen molar-refractivity contribution in [3.8, 4) is 5.69 Å². The van der Waals surface area contributed by atoms with Crippen molar-refractivity contribution in [2.45, 2.75) is 52.1 Å². The third-order valence-electron chi connectivity index (χ3n) is 7.78. The fourth-order valence-corrected chi connectivity index (χ4v) is 5.55. The molecule has 2 aromatic heterocycles. The summed E-state index contributed by atoms with van der Waals surface area (Å²) in [5.41, 5.74) is -1.91. The number of aromatic nitrogens is 3. The first kappa shape index (κ1) is 37.1. The zero-order valence-electron chi connectivity index (χ0n) is 27.8. The first-order valence-electron chi connectivity index (χ1n) is 14.9. The number of hydrogen-bond donors (Lipinski definition) is 4. The molecule has 0 saturated carbocycles. The lowest BCUT2D eigenvalue weighted by Gasteiger charge is -2.17. The van der Waals surface area contributed by atoms with Crippen molar-refractivity contribution < 1.29 is 36.7 Å². The third kappa shape index (κ3) is 7.94. The van der Waals surface area contributed by atoms with Gasteiger partial charge in [0.25, 0.3) is 21.5 Å². The summed E-state index contributed by atoms with van der Waals surface area (Å²) in [6.45, 7) is 8.25. The summed E-state index contributed by atoms with van der Waals surface area (Å²) >= 11 is 0. The summed E-state index contributed by atoms with van der Waals surface area (Å²) < 4.78 is 59.8. The summed E-state index contributed by atoms with van der Waals surface area (Å²) in [5.74, 6) is -5.84. The van der Waals surface area contributed by atoms with E-state index in [1.54, 1.807) is 34.6 Å². The van der Waals surface area contributed by atoms with Crippen LogP contribution in [0.5, 0.6) is 0 Å². The molecule has 0 aliphatic rings. The van der Waals surface area contributed by atoms with Crippen molar-refractivity contribution in [1.29, 1.82) is 0 Å². The second-order valence-electron chi connectivity index (χ2n) is 12.4. The number of carboxylic acid groups (broad SMARTS) is 1. The molecule has 4 aromatic rings. The van der Waals surface area contributed by atoms with Gasteiger partial charge in [-0.2, -0.15) is 8.42 Å². The number of pyridine rings is 1. The van der Waals surface area contributed by atoms with Crippen LogP contribution in [0, 0.1) is 30.9 Å². The van der Waals surface area contributed by atoms with Gasteiger partial charge in [0, 0.05) is 36.2 Å². The van der Waals surface area contributed by atoms with E-state index in [0.29, 0.717) is 29.0 Å². The maximum atomic E-state index is 15.0. The highest BCUT2D eigenvalue weighted by molar-refractivity contribution is 7.92. The van der Waals surface area contributed by atoms with Gasteiger partial charge >= 0.3 is 11.7 Å². The van der Waals surface area contributed by atoms with E-state index in [1.807, 2.05) is 4.72 Å². The van der Waals surface area contributed by atoms with E-state index in [2.05, 4.69) is 15.6 Å². The predicted octanol–water partition coefficient (Wildman–Crippen LogP) is 3.04. The van der Waals surface area contributed by atoms with E-state index in [4.69, 9.17) is 0 Å². The number of rotatable bonds is 10. The number of carboxylic acids is 1. The number of nitrogens with one attached hydrogen (secondary N) is 3. The lowest BCUT2D eigenvalue weighted by atomic mass is 9.96. The summed E-state index contributed by atoms with van der Waals surface area (Å²) in [4.78, 5) is 66.3. The van der Waals surface area contributed by atoms with Crippen LogP contribution in [0.2, 0.25) is 0 Å². The lowest BCUT2D eigenvalue weighted by Crippen LogP contribution is -2.42. The predicted molar refractivity (Wildman–Crippen MR) is 179 cm³/mol. The average Bonchev–Trinajstić information content (AvgIpc) is 3.04. The number of aliphatic carboxylic acids is 1. The van der Waals surface area contributed by atoms with Gasteiger partial charge in [0.15, 0.2) is 5.03 Å². The van der Waals surface area contributed by atoms with Crippen molar-refractivity contribution in [2.75, 3.05) is 10.0 Å². The van der Waals surface area contributed by atoms with Gasteiger partial charge in [-0.3, -0.25) is 19.1 Å². The molecule has 4 rings (SSSR count). The van der Waals surface area contributed by atoms with Crippen LogP contribution in [0.4, 0.5) is 20.2 Å². The van der Waals surface area contributed by atoms with Crippen molar-refractivity contribution in [3.05, 3.63) is 110 Å². The van der Waals surface area contributed by atoms with Gasteiger partial charge in [0.05, 0.1) is 28.8 Å². The SMILES string of the molecule is Cc1c(C)n(C)c(=O)n(-c2ccc(C[C@H](NC(=O)c3cc(F)c(NS(=O)(=O)c4ccc(NC(=O)C(C)(C)C)cn4)cc3F)C(=O)O)cc2)c1=O. The fraction of sp³-hybridized carbons (Fsp3) is 0.273. The molecule has 0 aliphatic heterocycles. The quantitative estimate of drug-likeness (QED) is 0.191. The molecule has 2 heterocycles. The molecule has 264 valence electrons. The second kappa shape index (κ2) is 14.0. The Morgan fingerprint density at radius 2 is 1.62 bits per heavy atom. The summed E-state index contributed by atoms with van der Waals surface area (Å²) in [6, 6.07) is 7.28. The molecule has 2 aromatic carbocycles. The van der Waals surface area contributed by atoms with E-state index in [9.17, 15) is 41.9 Å². The third-order valence-corrected chi connectivity index (χ3v) is 9.06. The van der Waals surface area contributed by atoms with Crippen LogP contribution in [0.15, 0.2) is 69.3 Å². The smallest absolute Gasteiger partial charge is 0.335 e. The zero-order valence-corrected chi connectivity index (χ0v) is 28.6. The van der Waals surface area contributed by atoms with Crippen LogP contribution in [-0.2, 0) is 33.1 Å². The van der Waals surface area contributed by atoms with Crippen LogP contribution >= 0.6 is 0 Å². The topological polar surface area (TPSA) is 199 Å². The molecule has 0 aliphatic carbocycles. The molecular weight excluding hydrogens is 678 g/mol. The molecule has 1 atom stereocenters. The maximum Gasteiger partial charge on any atom is 0.335 e. The Hall–Kier alpha value is -5.71. The molecule has 14 nitrogen and oxygen atoms in total. The van der Waals surface area contributed by atoms with E-state index in [-0.39, 0.29) is 23.7 Å². The normalized spacial score (nSPS) is 12.2. The minimum atomic E-state index is -4.55. The van der Waals surface area contributed by atoms with Crippen molar-refractivity contribution in [1.82, 2.24) is 19.4 Å². The highest BCUT2D eigenvalue weighted by atomic mass is 32.2. The van der Waals surface area contributed by atoms with Crippen LogP contribution in [-0.4, -0.2) is 51.5 Å². The highest BCUT2D eigenvalue weighted by Gasteiger charge is 2.26. The molecule has 0 fully saturated rings. The first-order chi connectivity index (χ1) is 23.2. The molecular formula is C33H34F2N6O8S. The molecule has 0 bridgehead atoms. The number of hydrogen-bond acceptors (Lipinski definition) is 8. The van der Waals surface area contributed by atoms with Gasteiger partial charge in [-0.05, 0) is 49.7 Å². The molecule has 2 amide bonds. The first-order valence-corrected chi connectivity index (χ1v) is 16.4. The number of carbonyl (C=O) groups excluding carboxylic acids is 2.